The second kappa shape index (κ2) is 7.11. The van der Waals surface area contributed by atoms with Crippen LogP contribution >= 0.6 is 11.6 Å². The van der Waals surface area contributed by atoms with Gasteiger partial charge in [-0.25, -0.2) is 4.79 Å². The molecule has 0 radical (unpaired) electrons. The van der Waals surface area contributed by atoms with Gasteiger partial charge < -0.3 is 15.4 Å². The van der Waals surface area contributed by atoms with Crippen LogP contribution in [0, 0.1) is 0 Å². The first kappa shape index (κ1) is 14.6. The SMILES string of the molecule is CCCNC(=O)Nc1ccc(OC(C)C)c(Cl)c1. The zero-order valence-electron chi connectivity index (χ0n) is 10.9. The second-order valence-corrected chi connectivity index (χ2v) is 4.60. The van der Waals surface area contributed by atoms with Crippen molar-refractivity contribution in [3.63, 3.8) is 0 Å². The van der Waals surface area contributed by atoms with Crippen LogP contribution < -0.4 is 15.4 Å². The number of urea groups is 1. The lowest BCUT2D eigenvalue weighted by atomic mass is 10.3. The lowest BCUT2D eigenvalue weighted by Crippen LogP contribution is -2.29. The van der Waals surface area contributed by atoms with Crippen molar-refractivity contribution in [1.82, 2.24) is 5.32 Å². The molecule has 5 heteroatoms. The molecule has 1 aromatic rings. The maximum absolute atomic E-state index is 11.4. The highest BCUT2D eigenvalue weighted by atomic mass is 35.5. The van der Waals surface area contributed by atoms with E-state index in [0.717, 1.165) is 6.42 Å². The number of hydrogen-bond donors (Lipinski definition) is 2. The quantitative estimate of drug-likeness (QED) is 0.858. The number of ether oxygens (including phenoxy) is 1. The molecule has 4 nitrogen and oxygen atoms in total. The highest BCUT2D eigenvalue weighted by Crippen LogP contribution is 2.28. The summed E-state index contributed by atoms with van der Waals surface area (Å²) in [6.07, 6.45) is 0.962. The molecule has 0 fully saturated rings. The summed E-state index contributed by atoms with van der Waals surface area (Å²) in [5.41, 5.74) is 0.643. The molecule has 0 unspecified atom stereocenters. The number of amides is 2. The number of nitrogens with one attached hydrogen (secondary N) is 2. The standard InChI is InChI=1S/C13H19ClN2O2/c1-4-7-15-13(17)16-10-5-6-12(11(14)8-10)18-9(2)3/h5-6,8-9H,4,7H2,1-3H3,(H2,15,16,17). The van der Waals surface area contributed by atoms with Crippen LogP contribution in [-0.2, 0) is 0 Å². The van der Waals surface area contributed by atoms with Gasteiger partial charge >= 0.3 is 6.03 Å². The van der Waals surface area contributed by atoms with Crippen LogP contribution in [0.3, 0.4) is 0 Å². The molecule has 2 N–H and O–H groups in total. The molecule has 18 heavy (non-hydrogen) atoms. The molecule has 2 amide bonds. The number of carbonyl (C=O) groups excluding carboxylic acids is 1. The predicted molar refractivity (Wildman–Crippen MR) is 74.5 cm³/mol. The molecule has 0 heterocycles. The minimum absolute atomic E-state index is 0.0640. The molecular weight excluding hydrogens is 252 g/mol. The van der Waals surface area contributed by atoms with Crippen LogP contribution in [0.25, 0.3) is 0 Å². The van der Waals surface area contributed by atoms with Crippen molar-refractivity contribution in [2.45, 2.75) is 33.3 Å². The lowest BCUT2D eigenvalue weighted by Gasteiger charge is -2.13. The predicted octanol–water partition coefficient (Wildman–Crippen LogP) is 3.66. The number of rotatable bonds is 5. The first-order valence-corrected chi connectivity index (χ1v) is 6.41. The van der Waals surface area contributed by atoms with Crippen molar-refractivity contribution in [1.29, 1.82) is 0 Å². The monoisotopic (exact) mass is 270 g/mol. The van der Waals surface area contributed by atoms with Gasteiger partial charge in [0.15, 0.2) is 0 Å². The number of benzene rings is 1. The molecule has 0 saturated carbocycles. The first-order valence-electron chi connectivity index (χ1n) is 6.04. The Morgan fingerprint density at radius 3 is 2.72 bits per heavy atom. The van der Waals surface area contributed by atoms with Crippen molar-refractivity contribution >= 4 is 23.3 Å². The van der Waals surface area contributed by atoms with Gasteiger partial charge in [-0.3, -0.25) is 0 Å². The van der Waals surface area contributed by atoms with Crippen molar-refractivity contribution in [2.75, 3.05) is 11.9 Å². The van der Waals surface area contributed by atoms with E-state index in [4.69, 9.17) is 16.3 Å². The molecule has 1 rings (SSSR count). The molecule has 0 aliphatic heterocycles. The summed E-state index contributed by atoms with van der Waals surface area (Å²) in [4.78, 5) is 11.4. The maximum Gasteiger partial charge on any atom is 0.319 e. The lowest BCUT2D eigenvalue weighted by molar-refractivity contribution is 0.242. The van der Waals surface area contributed by atoms with E-state index in [2.05, 4.69) is 10.6 Å². The van der Waals surface area contributed by atoms with E-state index in [1.807, 2.05) is 20.8 Å². The smallest absolute Gasteiger partial charge is 0.319 e. The largest absolute Gasteiger partial charge is 0.489 e. The highest BCUT2D eigenvalue weighted by Gasteiger charge is 2.06. The van der Waals surface area contributed by atoms with Gasteiger partial charge in [-0.1, -0.05) is 18.5 Å². The van der Waals surface area contributed by atoms with Gasteiger partial charge in [0.2, 0.25) is 0 Å². The Morgan fingerprint density at radius 1 is 1.44 bits per heavy atom. The Morgan fingerprint density at radius 2 is 2.17 bits per heavy atom. The third-order valence-electron chi connectivity index (χ3n) is 2.09. The molecule has 0 bridgehead atoms. The van der Waals surface area contributed by atoms with Crippen molar-refractivity contribution < 1.29 is 9.53 Å². The van der Waals surface area contributed by atoms with Crippen LogP contribution in [0.15, 0.2) is 18.2 Å². The third-order valence-corrected chi connectivity index (χ3v) is 2.38. The Labute approximate surface area is 113 Å². The van der Waals surface area contributed by atoms with Crippen LogP contribution in [-0.4, -0.2) is 18.7 Å². The van der Waals surface area contributed by atoms with E-state index in [0.29, 0.717) is 23.0 Å². The highest BCUT2D eigenvalue weighted by molar-refractivity contribution is 6.32. The van der Waals surface area contributed by atoms with Crippen molar-refractivity contribution in [3.8, 4) is 5.75 Å². The van der Waals surface area contributed by atoms with Gasteiger partial charge in [0.25, 0.3) is 0 Å². The molecule has 0 aliphatic carbocycles. The summed E-state index contributed by atoms with van der Waals surface area (Å²) in [6, 6.07) is 4.95. The van der Waals surface area contributed by atoms with E-state index >= 15 is 0 Å². The van der Waals surface area contributed by atoms with E-state index in [9.17, 15) is 4.79 Å². The van der Waals surface area contributed by atoms with Gasteiger partial charge in [-0.05, 0) is 38.5 Å². The Hall–Kier alpha value is -1.42. The minimum atomic E-state index is -0.231. The molecule has 0 spiro atoms. The van der Waals surface area contributed by atoms with Crippen LogP contribution in [0.4, 0.5) is 10.5 Å². The Balaban J connectivity index is 2.63. The average Bonchev–Trinajstić information content (AvgIpc) is 2.29. The number of anilines is 1. The summed E-state index contributed by atoms with van der Waals surface area (Å²) < 4.78 is 5.51. The van der Waals surface area contributed by atoms with Gasteiger partial charge in [-0.15, -0.1) is 0 Å². The normalized spacial score (nSPS) is 10.3. The van der Waals surface area contributed by atoms with Gasteiger partial charge in [0.1, 0.15) is 5.75 Å². The molecule has 0 aliphatic rings. The number of halogens is 1. The van der Waals surface area contributed by atoms with Crippen molar-refractivity contribution in [2.24, 2.45) is 0 Å². The van der Waals surface area contributed by atoms with Gasteiger partial charge in [0.05, 0.1) is 11.1 Å². The first-order chi connectivity index (χ1) is 8.52. The van der Waals surface area contributed by atoms with Crippen LogP contribution in [0.2, 0.25) is 5.02 Å². The summed E-state index contributed by atoms with van der Waals surface area (Å²) in [7, 11) is 0. The molecule has 1 aromatic carbocycles. The molecule has 0 atom stereocenters. The summed E-state index contributed by atoms with van der Waals surface area (Å²) >= 11 is 6.06. The maximum atomic E-state index is 11.4. The Bertz CT molecular complexity index is 408. The number of carbonyl (C=O) groups is 1. The zero-order chi connectivity index (χ0) is 13.5. The zero-order valence-corrected chi connectivity index (χ0v) is 11.7. The third kappa shape index (κ3) is 4.84. The topological polar surface area (TPSA) is 50.4 Å². The van der Waals surface area contributed by atoms with Gasteiger partial charge in [0, 0.05) is 12.2 Å². The van der Waals surface area contributed by atoms with Gasteiger partial charge in [-0.2, -0.15) is 0 Å². The summed E-state index contributed by atoms with van der Waals surface area (Å²) in [6.45, 7) is 6.50. The fraction of sp³-hybridized carbons (Fsp3) is 0.462. The molecule has 0 saturated heterocycles. The molecular formula is C13H19ClN2O2. The number of hydrogen-bond acceptors (Lipinski definition) is 2. The molecule has 0 aromatic heterocycles. The molecule has 100 valence electrons. The second-order valence-electron chi connectivity index (χ2n) is 4.19. The summed E-state index contributed by atoms with van der Waals surface area (Å²) in [5, 5.41) is 5.91. The Kier molecular flexibility index (Phi) is 5.78. The summed E-state index contributed by atoms with van der Waals surface area (Å²) in [5.74, 6) is 0.617. The van der Waals surface area contributed by atoms with E-state index < -0.39 is 0 Å². The van der Waals surface area contributed by atoms with E-state index in [-0.39, 0.29) is 12.1 Å². The minimum Gasteiger partial charge on any atom is -0.489 e. The fourth-order valence-electron chi connectivity index (χ4n) is 1.34. The van der Waals surface area contributed by atoms with Crippen LogP contribution in [0.5, 0.6) is 5.75 Å². The van der Waals surface area contributed by atoms with E-state index in [1.165, 1.54) is 0 Å². The van der Waals surface area contributed by atoms with E-state index in [1.54, 1.807) is 18.2 Å². The van der Waals surface area contributed by atoms with Crippen LogP contribution in [0.1, 0.15) is 27.2 Å². The average molecular weight is 271 g/mol. The van der Waals surface area contributed by atoms with Crippen molar-refractivity contribution in [3.05, 3.63) is 23.2 Å². The fourth-order valence-corrected chi connectivity index (χ4v) is 1.57.